The van der Waals surface area contributed by atoms with Crippen LogP contribution in [0.15, 0.2) is 41.6 Å². The highest BCUT2D eigenvalue weighted by atomic mass is 16.5. The third kappa shape index (κ3) is 3.17. The minimum Gasteiger partial charge on any atom is -0.377 e. The van der Waals surface area contributed by atoms with Crippen LogP contribution in [0.5, 0.6) is 0 Å². The van der Waals surface area contributed by atoms with E-state index >= 15 is 0 Å². The fourth-order valence-corrected chi connectivity index (χ4v) is 3.82. The first-order chi connectivity index (χ1) is 12.3. The molecule has 1 atom stereocenters. The van der Waals surface area contributed by atoms with Gasteiger partial charge in [0.25, 0.3) is 0 Å². The highest BCUT2D eigenvalue weighted by Crippen LogP contribution is 2.35. The molecular formula is C20H23N3O2. The normalized spacial score (nSPS) is 20.2. The number of rotatable bonds is 3. The standard InChI is InChI=1S/C20H23N3O2/c1-14-13-25-9-8-23(14)20-11-16(10-17-12-21-7-6-19(17)20)15-2-4-18(22-24)5-3-15/h2-5,10-11,14,21H,6-9,12-13H2,1H3/t14-/m0/s1. The van der Waals surface area contributed by atoms with Crippen molar-refractivity contribution in [1.82, 2.24) is 5.32 Å². The lowest BCUT2D eigenvalue weighted by molar-refractivity contribution is 0.0988. The van der Waals surface area contributed by atoms with E-state index in [4.69, 9.17) is 4.74 Å². The topological polar surface area (TPSA) is 53.9 Å². The molecule has 0 aliphatic carbocycles. The highest BCUT2D eigenvalue weighted by Gasteiger charge is 2.24. The van der Waals surface area contributed by atoms with Gasteiger partial charge in [0.2, 0.25) is 0 Å². The number of benzene rings is 2. The number of nitrogens with one attached hydrogen (secondary N) is 1. The molecule has 0 saturated carbocycles. The van der Waals surface area contributed by atoms with Crippen LogP contribution in [0.2, 0.25) is 0 Å². The molecule has 0 aromatic heterocycles. The molecule has 0 radical (unpaired) electrons. The van der Waals surface area contributed by atoms with E-state index < -0.39 is 0 Å². The SMILES string of the molecule is C[C@H]1COCCN1c1cc(-c2ccc(N=O)cc2)cc2c1CCNC2. The Morgan fingerprint density at radius 1 is 1.20 bits per heavy atom. The molecule has 1 N–H and O–H groups in total. The fraction of sp³-hybridized carbons (Fsp3) is 0.400. The summed E-state index contributed by atoms with van der Waals surface area (Å²) in [6.07, 6.45) is 1.06. The first-order valence-electron chi connectivity index (χ1n) is 8.91. The van der Waals surface area contributed by atoms with Crippen molar-refractivity contribution in [2.24, 2.45) is 5.18 Å². The average Bonchev–Trinajstić information content (AvgIpc) is 2.68. The predicted octanol–water partition coefficient (Wildman–Crippen LogP) is 3.62. The van der Waals surface area contributed by atoms with Crippen LogP contribution >= 0.6 is 0 Å². The van der Waals surface area contributed by atoms with Crippen LogP contribution in [-0.4, -0.2) is 32.3 Å². The summed E-state index contributed by atoms with van der Waals surface area (Å²) in [7, 11) is 0. The van der Waals surface area contributed by atoms with Gasteiger partial charge in [-0.25, -0.2) is 0 Å². The average molecular weight is 337 g/mol. The second-order valence-corrected chi connectivity index (χ2v) is 6.82. The Labute approximate surface area is 148 Å². The third-order valence-corrected chi connectivity index (χ3v) is 5.17. The van der Waals surface area contributed by atoms with Gasteiger partial charge in [0.15, 0.2) is 0 Å². The molecule has 0 amide bonds. The number of hydrogen-bond acceptors (Lipinski definition) is 5. The Balaban J connectivity index is 1.79. The summed E-state index contributed by atoms with van der Waals surface area (Å²) in [6, 6.07) is 12.5. The number of nitrogens with zero attached hydrogens (tertiary/aromatic N) is 2. The maximum absolute atomic E-state index is 10.7. The Morgan fingerprint density at radius 2 is 2.04 bits per heavy atom. The van der Waals surface area contributed by atoms with E-state index in [1.807, 2.05) is 12.1 Å². The van der Waals surface area contributed by atoms with Crippen LogP contribution in [-0.2, 0) is 17.7 Å². The maximum atomic E-state index is 10.7. The van der Waals surface area contributed by atoms with Crippen molar-refractivity contribution >= 4 is 11.4 Å². The van der Waals surface area contributed by atoms with Gasteiger partial charge in [-0.3, -0.25) is 0 Å². The number of morpholine rings is 1. The van der Waals surface area contributed by atoms with Crippen molar-refractivity contribution < 1.29 is 4.74 Å². The fourth-order valence-electron chi connectivity index (χ4n) is 3.82. The Kier molecular flexibility index (Phi) is 4.51. The molecule has 2 heterocycles. The van der Waals surface area contributed by atoms with Crippen molar-refractivity contribution in [3.05, 3.63) is 52.4 Å². The minimum atomic E-state index is 0.379. The number of anilines is 1. The summed E-state index contributed by atoms with van der Waals surface area (Å²) in [6.45, 7) is 6.64. The van der Waals surface area contributed by atoms with Gasteiger partial charge in [0, 0.05) is 24.8 Å². The van der Waals surface area contributed by atoms with Gasteiger partial charge in [0.1, 0.15) is 5.69 Å². The lowest BCUT2D eigenvalue weighted by atomic mass is 9.92. The molecular weight excluding hydrogens is 314 g/mol. The summed E-state index contributed by atoms with van der Waals surface area (Å²) in [5.41, 5.74) is 6.93. The number of ether oxygens (including phenoxy) is 1. The molecule has 5 nitrogen and oxygen atoms in total. The largest absolute Gasteiger partial charge is 0.377 e. The van der Waals surface area contributed by atoms with Gasteiger partial charge in [-0.2, -0.15) is 0 Å². The quantitative estimate of drug-likeness (QED) is 0.869. The third-order valence-electron chi connectivity index (χ3n) is 5.17. The van der Waals surface area contributed by atoms with Crippen LogP contribution < -0.4 is 10.2 Å². The van der Waals surface area contributed by atoms with Crippen LogP contribution in [0.1, 0.15) is 18.1 Å². The lowest BCUT2D eigenvalue weighted by Gasteiger charge is -2.38. The smallest absolute Gasteiger partial charge is 0.108 e. The first kappa shape index (κ1) is 16.2. The van der Waals surface area contributed by atoms with E-state index in [2.05, 4.69) is 34.5 Å². The molecule has 2 aromatic rings. The van der Waals surface area contributed by atoms with E-state index in [1.54, 1.807) is 12.1 Å². The summed E-state index contributed by atoms with van der Waals surface area (Å²) < 4.78 is 5.62. The van der Waals surface area contributed by atoms with Crippen LogP contribution in [0, 0.1) is 4.91 Å². The zero-order valence-electron chi connectivity index (χ0n) is 14.5. The minimum absolute atomic E-state index is 0.379. The molecule has 2 aliphatic rings. The zero-order chi connectivity index (χ0) is 17.2. The van der Waals surface area contributed by atoms with Crippen molar-refractivity contribution in [3.63, 3.8) is 0 Å². The van der Waals surface area contributed by atoms with E-state index in [-0.39, 0.29) is 0 Å². The van der Waals surface area contributed by atoms with E-state index in [0.717, 1.165) is 44.8 Å². The van der Waals surface area contributed by atoms with Crippen LogP contribution in [0.3, 0.4) is 0 Å². The Bertz CT molecular complexity index is 773. The molecule has 25 heavy (non-hydrogen) atoms. The van der Waals surface area contributed by atoms with Gasteiger partial charge >= 0.3 is 0 Å². The van der Waals surface area contributed by atoms with E-state index in [1.165, 1.54) is 22.4 Å². The van der Waals surface area contributed by atoms with Crippen molar-refractivity contribution in [3.8, 4) is 11.1 Å². The van der Waals surface area contributed by atoms with E-state index in [9.17, 15) is 4.91 Å². The molecule has 2 aliphatic heterocycles. The van der Waals surface area contributed by atoms with E-state index in [0.29, 0.717) is 11.7 Å². The van der Waals surface area contributed by atoms with Gasteiger partial charge in [0.05, 0.1) is 13.2 Å². The van der Waals surface area contributed by atoms with Gasteiger partial charge in [-0.1, -0.05) is 12.1 Å². The lowest BCUT2D eigenvalue weighted by Crippen LogP contribution is -2.44. The zero-order valence-corrected chi connectivity index (χ0v) is 14.5. The maximum Gasteiger partial charge on any atom is 0.108 e. The molecule has 0 bridgehead atoms. The van der Waals surface area contributed by atoms with Gasteiger partial charge in [-0.15, -0.1) is 4.91 Å². The van der Waals surface area contributed by atoms with Crippen LogP contribution in [0.4, 0.5) is 11.4 Å². The molecule has 0 spiro atoms. The van der Waals surface area contributed by atoms with Crippen molar-refractivity contribution in [2.75, 3.05) is 31.2 Å². The summed E-state index contributed by atoms with van der Waals surface area (Å²) in [5.74, 6) is 0. The molecule has 1 saturated heterocycles. The summed E-state index contributed by atoms with van der Waals surface area (Å²) >= 11 is 0. The molecule has 2 aromatic carbocycles. The molecule has 0 unspecified atom stereocenters. The summed E-state index contributed by atoms with van der Waals surface area (Å²) in [5, 5.41) is 6.47. The first-order valence-corrected chi connectivity index (χ1v) is 8.91. The summed E-state index contributed by atoms with van der Waals surface area (Å²) in [4.78, 5) is 13.2. The second-order valence-electron chi connectivity index (χ2n) is 6.82. The Morgan fingerprint density at radius 3 is 2.80 bits per heavy atom. The Hall–Kier alpha value is -2.24. The van der Waals surface area contributed by atoms with Crippen molar-refractivity contribution in [1.29, 1.82) is 0 Å². The number of hydrogen-bond donors (Lipinski definition) is 1. The number of nitroso groups, excluding NO2 is 1. The monoisotopic (exact) mass is 337 g/mol. The molecule has 130 valence electrons. The van der Waals surface area contributed by atoms with Crippen molar-refractivity contribution in [2.45, 2.75) is 25.9 Å². The highest BCUT2D eigenvalue weighted by molar-refractivity contribution is 5.74. The van der Waals surface area contributed by atoms with Gasteiger partial charge in [-0.05, 0) is 71.6 Å². The number of fused-ring (bicyclic) bond motifs is 1. The molecule has 5 heteroatoms. The van der Waals surface area contributed by atoms with Gasteiger partial charge < -0.3 is 15.0 Å². The second kappa shape index (κ2) is 6.94. The molecule has 1 fully saturated rings. The predicted molar refractivity (Wildman–Crippen MR) is 100 cm³/mol. The van der Waals surface area contributed by atoms with Crippen LogP contribution in [0.25, 0.3) is 11.1 Å². The molecule has 4 rings (SSSR count).